The van der Waals surface area contributed by atoms with Gasteiger partial charge in [0.2, 0.25) is 0 Å². The Balaban J connectivity index is 1.71. The van der Waals surface area contributed by atoms with Crippen LogP contribution in [0.5, 0.6) is 5.75 Å². The van der Waals surface area contributed by atoms with Crippen molar-refractivity contribution in [3.63, 3.8) is 0 Å². The predicted molar refractivity (Wildman–Crippen MR) is 122 cm³/mol. The van der Waals surface area contributed by atoms with E-state index >= 15 is 0 Å². The number of hydrogen-bond acceptors (Lipinski definition) is 5. The summed E-state index contributed by atoms with van der Waals surface area (Å²) in [6, 6.07) is 19.5. The van der Waals surface area contributed by atoms with Gasteiger partial charge >= 0.3 is 5.69 Å². The molecule has 0 aliphatic carbocycles. The van der Waals surface area contributed by atoms with Crippen molar-refractivity contribution >= 4 is 32.5 Å². The maximum atomic E-state index is 13.2. The zero-order valence-corrected chi connectivity index (χ0v) is 18.2. The van der Waals surface area contributed by atoms with Crippen LogP contribution in [0.15, 0.2) is 76.0 Å². The van der Waals surface area contributed by atoms with E-state index < -0.39 is 4.92 Å². The zero-order chi connectivity index (χ0) is 22.0. The van der Waals surface area contributed by atoms with Crippen molar-refractivity contribution in [3.05, 3.63) is 97.2 Å². The lowest BCUT2D eigenvalue weighted by Gasteiger charge is -2.14. The van der Waals surface area contributed by atoms with E-state index in [1.165, 1.54) is 6.07 Å². The van der Waals surface area contributed by atoms with Gasteiger partial charge < -0.3 is 4.74 Å². The topological polar surface area (TPSA) is 87.3 Å². The Morgan fingerprint density at radius 1 is 1.10 bits per heavy atom. The molecule has 0 saturated carbocycles. The van der Waals surface area contributed by atoms with Crippen LogP contribution in [0.2, 0.25) is 0 Å². The first-order valence-corrected chi connectivity index (χ1v) is 10.4. The Morgan fingerprint density at radius 3 is 2.58 bits per heavy atom. The SMILES string of the molecule is Cc1ccc(OCCn2c(-c3ccc(Br)cc3)nc3ccccc3c2=O)c([N+](=O)[O-])c1. The van der Waals surface area contributed by atoms with Gasteiger partial charge in [-0.25, -0.2) is 4.98 Å². The van der Waals surface area contributed by atoms with E-state index in [2.05, 4.69) is 15.9 Å². The molecular weight excluding hydrogens is 462 g/mol. The van der Waals surface area contributed by atoms with Gasteiger partial charge in [0.25, 0.3) is 5.56 Å². The number of benzene rings is 3. The maximum absolute atomic E-state index is 13.2. The smallest absolute Gasteiger partial charge is 0.311 e. The molecule has 8 heteroatoms. The van der Waals surface area contributed by atoms with Gasteiger partial charge in [0.15, 0.2) is 5.75 Å². The summed E-state index contributed by atoms with van der Waals surface area (Å²) in [6.45, 7) is 2.04. The lowest BCUT2D eigenvalue weighted by molar-refractivity contribution is -0.385. The summed E-state index contributed by atoms with van der Waals surface area (Å²) in [7, 11) is 0. The fourth-order valence-electron chi connectivity index (χ4n) is 3.33. The molecule has 0 saturated heterocycles. The van der Waals surface area contributed by atoms with Gasteiger partial charge in [0, 0.05) is 16.1 Å². The second-order valence-corrected chi connectivity index (χ2v) is 7.91. The summed E-state index contributed by atoms with van der Waals surface area (Å²) in [6.07, 6.45) is 0. The molecule has 0 atom stereocenters. The van der Waals surface area contributed by atoms with E-state index in [0.29, 0.717) is 16.7 Å². The molecule has 0 radical (unpaired) electrons. The average molecular weight is 480 g/mol. The number of para-hydroxylation sites is 1. The molecule has 1 heterocycles. The number of aromatic nitrogens is 2. The Morgan fingerprint density at radius 2 is 1.84 bits per heavy atom. The standard InChI is InChI=1S/C23H18BrN3O4/c1-15-6-11-21(20(14-15)27(29)30)31-13-12-26-22(16-7-9-17(24)10-8-16)25-19-5-3-2-4-18(19)23(26)28/h2-11,14H,12-13H2,1H3. The maximum Gasteiger partial charge on any atom is 0.311 e. The molecular formula is C23H18BrN3O4. The molecule has 0 unspecified atom stereocenters. The molecule has 4 rings (SSSR count). The van der Waals surface area contributed by atoms with Crippen molar-refractivity contribution < 1.29 is 9.66 Å². The Kier molecular flexibility index (Phi) is 5.81. The minimum Gasteiger partial charge on any atom is -0.485 e. The summed E-state index contributed by atoms with van der Waals surface area (Å²) < 4.78 is 8.16. The first kappa shape index (κ1) is 20.7. The van der Waals surface area contributed by atoms with E-state index in [1.807, 2.05) is 30.3 Å². The highest BCUT2D eigenvalue weighted by molar-refractivity contribution is 9.10. The summed E-state index contributed by atoms with van der Waals surface area (Å²) in [4.78, 5) is 28.8. The van der Waals surface area contributed by atoms with Crippen LogP contribution in [0.4, 0.5) is 5.69 Å². The highest BCUT2D eigenvalue weighted by atomic mass is 79.9. The molecule has 0 aliphatic heterocycles. The third-order valence-electron chi connectivity index (χ3n) is 4.85. The Labute approximate surface area is 186 Å². The van der Waals surface area contributed by atoms with Crippen molar-refractivity contribution in [1.82, 2.24) is 9.55 Å². The summed E-state index contributed by atoms with van der Waals surface area (Å²) >= 11 is 3.42. The molecule has 156 valence electrons. The van der Waals surface area contributed by atoms with Gasteiger partial charge in [0.05, 0.1) is 22.4 Å². The van der Waals surface area contributed by atoms with Gasteiger partial charge in [-0.3, -0.25) is 19.5 Å². The van der Waals surface area contributed by atoms with Crippen molar-refractivity contribution in [3.8, 4) is 17.1 Å². The van der Waals surface area contributed by atoms with E-state index in [1.54, 1.807) is 41.8 Å². The zero-order valence-electron chi connectivity index (χ0n) is 16.6. The summed E-state index contributed by atoms with van der Waals surface area (Å²) in [5.74, 6) is 0.681. The predicted octanol–water partition coefficient (Wildman–Crippen LogP) is 5.12. The van der Waals surface area contributed by atoms with E-state index in [0.717, 1.165) is 15.6 Å². The van der Waals surface area contributed by atoms with Crippen LogP contribution in [0, 0.1) is 17.0 Å². The number of rotatable bonds is 6. The highest BCUT2D eigenvalue weighted by Gasteiger charge is 2.17. The van der Waals surface area contributed by atoms with Crippen LogP contribution < -0.4 is 10.3 Å². The first-order chi connectivity index (χ1) is 14.9. The van der Waals surface area contributed by atoms with Gasteiger partial charge in [-0.2, -0.15) is 0 Å². The Hall–Kier alpha value is -3.52. The quantitative estimate of drug-likeness (QED) is 0.282. The number of hydrogen-bond donors (Lipinski definition) is 0. The van der Waals surface area contributed by atoms with Crippen LogP contribution in [0.25, 0.3) is 22.3 Å². The third kappa shape index (κ3) is 4.34. The number of nitrogens with zero attached hydrogens (tertiary/aromatic N) is 3. The fourth-order valence-corrected chi connectivity index (χ4v) is 3.60. The molecule has 0 spiro atoms. The minimum absolute atomic E-state index is 0.0767. The van der Waals surface area contributed by atoms with Crippen molar-refractivity contribution in [1.29, 1.82) is 0 Å². The van der Waals surface area contributed by atoms with E-state index in [9.17, 15) is 14.9 Å². The van der Waals surface area contributed by atoms with E-state index in [4.69, 9.17) is 9.72 Å². The lowest BCUT2D eigenvalue weighted by Crippen LogP contribution is -2.26. The number of halogens is 1. The molecule has 7 nitrogen and oxygen atoms in total. The van der Waals surface area contributed by atoms with Crippen LogP contribution in [0.1, 0.15) is 5.56 Å². The number of ether oxygens (including phenoxy) is 1. The average Bonchev–Trinajstić information content (AvgIpc) is 2.76. The normalized spacial score (nSPS) is 10.9. The van der Waals surface area contributed by atoms with Gasteiger partial charge in [-0.15, -0.1) is 0 Å². The summed E-state index contributed by atoms with van der Waals surface area (Å²) in [5, 5.41) is 11.8. The van der Waals surface area contributed by atoms with Crippen LogP contribution in [-0.4, -0.2) is 21.1 Å². The number of fused-ring (bicyclic) bond motifs is 1. The number of nitro benzene ring substituents is 1. The molecule has 0 amide bonds. The number of aryl methyl sites for hydroxylation is 1. The van der Waals surface area contributed by atoms with Gasteiger partial charge in [-0.1, -0.05) is 46.3 Å². The largest absolute Gasteiger partial charge is 0.485 e. The first-order valence-electron chi connectivity index (χ1n) is 9.57. The van der Waals surface area contributed by atoms with E-state index in [-0.39, 0.29) is 30.1 Å². The molecule has 1 aromatic heterocycles. The summed E-state index contributed by atoms with van der Waals surface area (Å²) in [5.41, 5.74) is 1.87. The molecule has 3 aromatic carbocycles. The van der Waals surface area contributed by atoms with Crippen LogP contribution >= 0.6 is 15.9 Å². The molecule has 31 heavy (non-hydrogen) atoms. The second kappa shape index (κ2) is 8.69. The highest BCUT2D eigenvalue weighted by Crippen LogP contribution is 2.28. The second-order valence-electron chi connectivity index (χ2n) is 6.99. The minimum atomic E-state index is -0.473. The molecule has 0 aliphatic rings. The van der Waals surface area contributed by atoms with Gasteiger partial charge in [-0.05, 0) is 42.8 Å². The molecule has 4 aromatic rings. The fraction of sp³-hybridized carbons (Fsp3) is 0.130. The molecule has 0 N–H and O–H groups in total. The molecule has 0 fully saturated rings. The Bertz CT molecular complexity index is 1330. The van der Waals surface area contributed by atoms with Gasteiger partial charge in [0.1, 0.15) is 12.4 Å². The van der Waals surface area contributed by atoms with Crippen molar-refractivity contribution in [2.45, 2.75) is 13.5 Å². The molecule has 0 bridgehead atoms. The van der Waals surface area contributed by atoms with Crippen molar-refractivity contribution in [2.75, 3.05) is 6.61 Å². The lowest BCUT2D eigenvalue weighted by atomic mass is 10.2. The monoisotopic (exact) mass is 479 g/mol. The van der Waals surface area contributed by atoms with Crippen LogP contribution in [0.3, 0.4) is 0 Å². The third-order valence-corrected chi connectivity index (χ3v) is 5.38. The van der Waals surface area contributed by atoms with Crippen LogP contribution in [-0.2, 0) is 6.54 Å². The van der Waals surface area contributed by atoms with Crippen molar-refractivity contribution in [2.24, 2.45) is 0 Å². The number of nitro groups is 1.